The quantitative estimate of drug-likeness (QED) is 0.601. The van der Waals surface area contributed by atoms with E-state index in [4.69, 9.17) is 0 Å². The van der Waals surface area contributed by atoms with Crippen molar-refractivity contribution in [3.63, 3.8) is 0 Å². The van der Waals surface area contributed by atoms with E-state index in [1.807, 2.05) is 0 Å². The Bertz CT molecular complexity index is 93.1. The molecule has 0 spiro atoms. The lowest BCUT2D eigenvalue weighted by atomic mass is 10.1. The summed E-state index contributed by atoms with van der Waals surface area (Å²) in [5, 5.41) is 6.67. The van der Waals surface area contributed by atoms with Gasteiger partial charge in [-0.15, -0.1) is 0 Å². The van der Waals surface area contributed by atoms with E-state index in [2.05, 4.69) is 17.6 Å². The lowest BCUT2D eigenvalue weighted by molar-refractivity contribution is 0.425. The van der Waals surface area contributed by atoms with E-state index < -0.39 is 0 Å². The zero-order chi connectivity index (χ0) is 9.36. The van der Waals surface area contributed by atoms with E-state index in [0.29, 0.717) is 0 Å². The minimum atomic E-state index is 0.786. The Balaban J connectivity index is 0.000000132. The molecule has 2 aliphatic heterocycles. The Morgan fingerprint density at radius 2 is 1.54 bits per heavy atom. The first-order chi connectivity index (χ1) is 6.39. The highest BCUT2D eigenvalue weighted by Crippen LogP contribution is 2.04. The molecule has 2 nitrogen and oxygen atoms in total. The van der Waals surface area contributed by atoms with Crippen LogP contribution in [0.15, 0.2) is 0 Å². The average Bonchev–Trinajstić information content (AvgIpc) is 2.22. The average molecular weight is 184 g/mol. The van der Waals surface area contributed by atoms with Gasteiger partial charge in [-0.1, -0.05) is 12.8 Å². The van der Waals surface area contributed by atoms with Crippen LogP contribution in [0.1, 0.15) is 45.4 Å². The van der Waals surface area contributed by atoms with Gasteiger partial charge in [0.1, 0.15) is 0 Å². The van der Waals surface area contributed by atoms with E-state index >= 15 is 0 Å². The Kier molecular flexibility index (Phi) is 6.21. The van der Waals surface area contributed by atoms with Crippen molar-refractivity contribution >= 4 is 0 Å². The number of rotatable bonds is 0. The highest BCUT2D eigenvalue weighted by atomic mass is 14.9. The van der Waals surface area contributed by atoms with Crippen LogP contribution in [-0.4, -0.2) is 25.7 Å². The molecule has 0 aromatic rings. The summed E-state index contributed by atoms with van der Waals surface area (Å²) in [4.78, 5) is 0. The normalized spacial score (nSPS) is 28.8. The van der Waals surface area contributed by atoms with Crippen LogP contribution in [-0.2, 0) is 0 Å². The van der Waals surface area contributed by atoms with Gasteiger partial charge in [0.05, 0.1) is 0 Å². The third kappa shape index (κ3) is 6.05. The second-order valence-corrected chi connectivity index (χ2v) is 4.16. The Labute approximate surface area is 82.5 Å². The van der Waals surface area contributed by atoms with Crippen LogP contribution in [0.5, 0.6) is 0 Å². The molecule has 0 aliphatic carbocycles. The van der Waals surface area contributed by atoms with Gasteiger partial charge in [0, 0.05) is 6.04 Å². The summed E-state index contributed by atoms with van der Waals surface area (Å²) >= 11 is 0. The SMILES string of the molecule is C1CCNCC1.CC1CCCCN1. The van der Waals surface area contributed by atoms with Gasteiger partial charge in [0.15, 0.2) is 0 Å². The van der Waals surface area contributed by atoms with Crippen molar-refractivity contribution in [2.45, 2.75) is 51.5 Å². The molecule has 1 atom stereocenters. The summed E-state index contributed by atoms with van der Waals surface area (Å²) in [6.07, 6.45) is 8.39. The van der Waals surface area contributed by atoms with Crippen LogP contribution < -0.4 is 10.6 Å². The number of hydrogen-bond donors (Lipinski definition) is 2. The third-order valence-electron chi connectivity index (χ3n) is 2.76. The van der Waals surface area contributed by atoms with Crippen LogP contribution in [0.25, 0.3) is 0 Å². The molecule has 0 bridgehead atoms. The number of hydrogen-bond acceptors (Lipinski definition) is 2. The van der Waals surface area contributed by atoms with Crippen molar-refractivity contribution in [2.75, 3.05) is 19.6 Å². The van der Waals surface area contributed by atoms with Crippen LogP contribution in [0.4, 0.5) is 0 Å². The van der Waals surface area contributed by atoms with Crippen molar-refractivity contribution in [3.8, 4) is 0 Å². The summed E-state index contributed by atoms with van der Waals surface area (Å²) in [5.74, 6) is 0. The molecule has 2 aliphatic rings. The first-order valence-corrected chi connectivity index (χ1v) is 5.83. The van der Waals surface area contributed by atoms with Gasteiger partial charge in [-0.05, 0) is 52.2 Å². The molecular weight excluding hydrogens is 160 g/mol. The lowest BCUT2D eigenvalue weighted by Gasteiger charge is -2.18. The van der Waals surface area contributed by atoms with E-state index in [9.17, 15) is 0 Å². The van der Waals surface area contributed by atoms with Gasteiger partial charge in [-0.25, -0.2) is 0 Å². The maximum absolute atomic E-state index is 3.38. The molecule has 0 aromatic heterocycles. The van der Waals surface area contributed by atoms with Gasteiger partial charge >= 0.3 is 0 Å². The molecule has 2 rings (SSSR count). The van der Waals surface area contributed by atoms with Gasteiger partial charge in [-0.2, -0.15) is 0 Å². The third-order valence-corrected chi connectivity index (χ3v) is 2.76. The summed E-state index contributed by atoms with van der Waals surface area (Å²) in [6.45, 7) is 5.99. The number of nitrogens with one attached hydrogen (secondary N) is 2. The second kappa shape index (κ2) is 7.34. The number of piperidine rings is 2. The largest absolute Gasteiger partial charge is 0.317 e. The van der Waals surface area contributed by atoms with Gasteiger partial charge in [-0.3, -0.25) is 0 Å². The highest BCUT2D eigenvalue weighted by molar-refractivity contribution is 4.65. The van der Waals surface area contributed by atoms with Crippen molar-refractivity contribution < 1.29 is 0 Å². The van der Waals surface area contributed by atoms with Crippen molar-refractivity contribution in [3.05, 3.63) is 0 Å². The molecule has 0 saturated carbocycles. The smallest absolute Gasteiger partial charge is 0.00387 e. The summed E-state index contributed by atoms with van der Waals surface area (Å²) in [7, 11) is 0. The fourth-order valence-electron chi connectivity index (χ4n) is 1.83. The predicted octanol–water partition coefficient (Wildman–Crippen LogP) is 1.91. The monoisotopic (exact) mass is 184 g/mol. The maximum atomic E-state index is 3.38. The fourth-order valence-corrected chi connectivity index (χ4v) is 1.83. The van der Waals surface area contributed by atoms with Crippen LogP contribution in [0.3, 0.4) is 0 Å². The molecule has 2 fully saturated rings. The summed E-state index contributed by atoms with van der Waals surface area (Å²) in [6, 6.07) is 0.786. The zero-order valence-corrected chi connectivity index (χ0v) is 8.94. The molecule has 13 heavy (non-hydrogen) atoms. The van der Waals surface area contributed by atoms with Crippen LogP contribution >= 0.6 is 0 Å². The molecule has 1 unspecified atom stereocenters. The molecule has 2 N–H and O–H groups in total. The van der Waals surface area contributed by atoms with E-state index in [0.717, 1.165) is 6.04 Å². The first kappa shape index (κ1) is 11.0. The molecule has 2 saturated heterocycles. The Hall–Kier alpha value is -0.0800. The van der Waals surface area contributed by atoms with Crippen molar-refractivity contribution in [1.29, 1.82) is 0 Å². The molecular formula is C11H24N2. The van der Waals surface area contributed by atoms with Crippen molar-refractivity contribution in [1.82, 2.24) is 10.6 Å². The summed E-state index contributed by atoms with van der Waals surface area (Å²) in [5.41, 5.74) is 0. The summed E-state index contributed by atoms with van der Waals surface area (Å²) < 4.78 is 0. The van der Waals surface area contributed by atoms with Crippen LogP contribution in [0, 0.1) is 0 Å². The Morgan fingerprint density at radius 3 is 1.77 bits per heavy atom. The second-order valence-electron chi connectivity index (χ2n) is 4.16. The molecule has 2 heteroatoms. The fraction of sp³-hybridized carbons (Fsp3) is 1.00. The maximum Gasteiger partial charge on any atom is 0.00387 e. The van der Waals surface area contributed by atoms with E-state index in [1.165, 1.54) is 58.2 Å². The van der Waals surface area contributed by atoms with Crippen LogP contribution in [0.2, 0.25) is 0 Å². The molecule has 0 aromatic carbocycles. The minimum absolute atomic E-state index is 0.786. The highest BCUT2D eigenvalue weighted by Gasteiger charge is 2.04. The van der Waals surface area contributed by atoms with Gasteiger partial charge < -0.3 is 10.6 Å². The topological polar surface area (TPSA) is 24.1 Å². The first-order valence-electron chi connectivity index (χ1n) is 5.83. The van der Waals surface area contributed by atoms with Gasteiger partial charge in [0.25, 0.3) is 0 Å². The molecule has 0 radical (unpaired) electrons. The molecule has 0 amide bonds. The van der Waals surface area contributed by atoms with E-state index in [-0.39, 0.29) is 0 Å². The predicted molar refractivity (Wildman–Crippen MR) is 58.0 cm³/mol. The molecule has 78 valence electrons. The Morgan fingerprint density at radius 1 is 0.846 bits per heavy atom. The lowest BCUT2D eigenvalue weighted by Crippen LogP contribution is -2.30. The molecule has 2 heterocycles. The minimum Gasteiger partial charge on any atom is -0.317 e. The van der Waals surface area contributed by atoms with Gasteiger partial charge in [0.2, 0.25) is 0 Å². The van der Waals surface area contributed by atoms with E-state index in [1.54, 1.807) is 0 Å². The van der Waals surface area contributed by atoms with Crippen molar-refractivity contribution in [2.24, 2.45) is 0 Å². The zero-order valence-electron chi connectivity index (χ0n) is 8.94. The standard InChI is InChI=1S/C6H13N.C5H11N/c1-6-4-2-3-5-7-6;1-2-4-6-5-3-1/h6-7H,2-5H2,1H3;6H,1-5H2.